The van der Waals surface area contributed by atoms with E-state index in [1.165, 1.54) is 11.8 Å². The first kappa shape index (κ1) is 17.0. The van der Waals surface area contributed by atoms with Crippen molar-refractivity contribution < 1.29 is 9.59 Å². The number of carbonyl (C=O) groups is 2. The number of hydrogen-bond donors (Lipinski definition) is 1. The highest BCUT2D eigenvalue weighted by atomic mass is 79.9. The predicted molar refractivity (Wildman–Crippen MR) is 99.2 cm³/mol. The van der Waals surface area contributed by atoms with E-state index < -0.39 is 5.92 Å². The van der Waals surface area contributed by atoms with Gasteiger partial charge in [-0.15, -0.1) is 11.8 Å². The normalized spacial score (nSPS) is 17.2. The van der Waals surface area contributed by atoms with Gasteiger partial charge in [0.25, 0.3) is 0 Å². The van der Waals surface area contributed by atoms with Crippen molar-refractivity contribution in [3.05, 3.63) is 47.1 Å². The summed E-state index contributed by atoms with van der Waals surface area (Å²) in [5, 5.41) is 3.66. The van der Waals surface area contributed by atoms with E-state index in [9.17, 15) is 9.59 Å². The fraction of sp³-hybridized carbons (Fsp3) is 0.235. The molecule has 1 N–H and O–H groups in total. The van der Waals surface area contributed by atoms with E-state index in [1.54, 1.807) is 17.2 Å². The molecule has 0 radical (unpaired) electrons. The number of nitrogens with one attached hydrogen (secondary N) is 1. The number of pyridine rings is 1. The third kappa shape index (κ3) is 3.62. The molecule has 2 aromatic rings. The Morgan fingerprint density at radius 1 is 1.38 bits per heavy atom. The van der Waals surface area contributed by atoms with Crippen molar-refractivity contribution >= 4 is 50.9 Å². The van der Waals surface area contributed by atoms with Crippen LogP contribution in [0.2, 0.25) is 0 Å². The Hall–Kier alpha value is -1.86. The molecule has 1 aliphatic heterocycles. The van der Waals surface area contributed by atoms with Crippen LogP contribution < -0.4 is 10.2 Å². The Morgan fingerprint density at radius 3 is 2.88 bits per heavy atom. The smallest absolute Gasteiger partial charge is 0.239 e. The van der Waals surface area contributed by atoms with Gasteiger partial charge in [0.05, 0.1) is 16.9 Å². The van der Waals surface area contributed by atoms with Crippen molar-refractivity contribution in [2.75, 3.05) is 23.0 Å². The van der Waals surface area contributed by atoms with Crippen LogP contribution in [0.1, 0.15) is 6.42 Å². The molecule has 1 fully saturated rings. The number of amides is 2. The second kappa shape index (κ2) is 7.36. The summed E-state index contributed by atoms with van der Waals surface area (Å²) in [5.74, 6) is -1.11. The first-order valence-electron chi connectivity index (χ1n) is 7.46. The average molecular weight is 406 g/mol. The largest absolute Gasteiger partial charge is 0.324 e. The maximum Gasteiger partial charge on any atom is 0.239 e. The van der Waals surface area contributed by atoms with Gasteiger partial charge < -0.3 is 10.2 Å². The molecule has 1 aromatic heterocycles. The first-order valence-corrected chi connectivity index (χ1v) is 9.48. The van der Waals surface area contributed by atoms with E-state index >= 15 is 0 Å². The van der Waals surface area contributed by atoms with Crippen LogP contribution in [0.25, 0.3) is 0 Å². The Morgan fingerprint density at radius 2 is 2.21 bits per heavy atom. The van der Waals surface area contributed by atoms with Gasteiger partial charge in [0.1, 0.15) is 5.92 Å². The molecular weight excluding hydrogens is 390 g/mol. The van der Waals surface area contributed by atoms with Crippen LogP contribution in [0.5, 0.6) is 0 Å². The highest BCUT2D eigenvalue weighted by molar-refractivity contribution is 9.10. The zero-order chi connectivity index (χ0) is 17.1. The maximum atomic E-state index is 12.6. The fourth-order valence-electron chi connectivity index (χ4n) is 2.63. The van der Waals surface area contributed by atoms with E-state index in [-0.39, 0.29) is 11.8 Å². The summed E-state index contributed by atoms with van der Waals surface area (Å²) in [4.78, 5) is 30.9. The molecule has 0 aliphatic carbocycles. The van der Waals surface area contributed by atoms with Crippen LogP contribution in [0.15, 0.2) is 52.1 Å². The van der Waals surface area contributed by atoms with E-state index in [0.717, 1.165) is 15.2 Å². The number of halogens is 1. The van der Waals surface area contributed by atoms with Gasteiger partial charge in [0.2, 0.25) is 11.8 Å². The van der Waals surface area contributed by atoms with Crippen molar-refractivity contribution in [2.24, 2.45) is 5.92 Å². The molecule has 2 heterocycles. The van der Waals surface area contributed by atoms with Gasteiger partial charge in [-0.1, -0.05) is 22.0 Å². The summed E-state index contributed by atoms with van der Waals surface area (Å²) in [7, 11) is 0. The minimum Gasteiger partial charge on any atom is -0.324 e. The standard InChI is InChI=1S/C17H16BrN3O2S/c1-24-15-6-5-12(10-19-15)20-16(22)14-7-8-21(17(14)23)13-4-2-3-11(18)9-13/h2-6,9-10,14H,7-8H2,1H3,(H,20,22). The molecule has 1 atom stereocenters. The first-order chi connectivity index (χ1) is 11.6. The number of anilines is 2. The van der Waals surface area contributed by atoms with E-state index in [4.69, 9.17) is 0 Å². The van der Waals surface area contributed by atoms with E-state index in [0.29, 0.717) is 18.7 Å². The summed E-state index contributed by atoms with van der Waals surface area (Å²) in [6, 6.07) is 11.2. The van der Waals surface area contributed by atoms with Crippen molar-refractivity contribution in [2.45, 2.75) is 11.4 Å². The Kier molecular flexibility index (Phi) is 5.20. The zero-order valence-corrected chi connectivity index (χ0v) is 15.4. The molecule has 1 aromatic carbocycles. The van der Waals surface area contributed by atoms with Crippen molar-refractivity contribution in [1.82, 2.24) is 4.98 Å². The predicted octanol–water partition coefficient (Wildman–Crippen LogP) is 3.56. The second-order valence-corrected chi connectivity index (χ2v) is 7.13. The molecule has 124 valence electrons. The van der Waals surface area contributed by atoms with Crippen LogP contribution in [-0.4, -0.2) is 29.6 Å². The Balaban J connectivity index is 1.69. The number of hydrogen-bond acceptors (Lipinski definition) is 4. The SMILES string of the molecule is CSc1ccc(NC(=O)C2CCN(c3cccc(Br)c3)C2=O)cn1. The van der Waals surface area contributed by atoms with Crippen LogP contribution in [0, 0.1) is 5.92 Å². The molecule has 0 bridgehead atoms. The lowest BCUT2D eigenvalue weighted by Crippen LogP contribution is -2.33. The van der Waals surface area contributed by atoms with Crippen molar-refractivity contribution in [1.29, 1.82) is 0 Å². The zero-order valence-electron chi connectivity index (χ0n) is 13.0. The lowest BCUT2D eigenvalue weighted by atomic mass is 10.1. The molecule has 2 amide bonds. The maximum absolute atomic E-state index is 12.6. The Labute approximate surface area is 153 Å². The molecule has 1 aliphatic rings. The lowest BCUT2D eigenvalue weighted by Gasteiger charge is -2.17. The van der Waals surface area contributed by atoms with Gasteiger partial charge in [-0.2, -0.15) is 0 Å². The van der Waals surface area contributed by atoms with Crippen molar-refractivity contribution in [3.8, 4) is 0 Å². The average Bonchev–Trinajstić information content (AvgIpc) is 2.97. The van der Waals surface area contributed by atoms with E-state index in [1.807, 2.05) is 36.6 Å². The fourth-order valence-corrected chi connectivity index (χ4v) is 3.38. The molecular formula is C17H16BrN3O2S. The highest BCUT2D eigenvalue weighted by Gasteiger charge is 2.37. The van der Waals surface area contributed by atoms with Crippen molar-refractivity contribution in [3.63, 3.8) is 0 Å². The van der Waals surface area contributed by atoms with Crippen LogP contribution in [0.4, 0.5) is 11.4 Å². The highest BCUT2D eigenvalue weighted by Crippen LogP contribution is 2.28. The third-order valence-corrected chi connectivity index (χ3v) is 5.01. The number of rotatable bonds is 4. The molecule has 0 saturated carbocycles. The van der Waals surface area contributed by atoms with Crippen LogP contribution >= 0.6 is 27.7 Å². The number of nitrogens with zero attached hydrogens (tertiary/aromatic N) is 2. The topological polar surface area (TPSA) is 62.3 Å². The Bertz CT molecular complexity index is 767. The molecule has 5 nitrogen and oxygen atoms in total. The van der Waals surface area contributed by atoms with Crippen LogP contribution in [-0.2, 0) is 9.59 Å². The lowest BCUT2D eigenvalue weighted by molar-refractivity contribution is -0.129. The minimum atomic E-state index is -0.663. The molecule has 7 heteroatoms. The number of thioether (sulfide) groups is 1. The monoisotopic (exact) mass is 405 g/mol. The number of carbonyl (C=O) groups excluding carboxylic acids is 2. The van der Waals surface area contributed by atoms with Gasteiger partial charge in [0.15, 0.2) is 0 Å². The molecule has 0 spiro atoms. The van der Waals surface area contributed by atoms with Gasteiger partial charge in [0, 0.05) is 16.7 Å². The van der Waals surface area contributed by atoms with E-state index in [2.05, 4.69) is 26.2 Å². The molecule has 1 unspecified atom stereocenters. The second-order valence-electron chi connectivity index (χ2n) is 5.39. The van der Waals surface area contributed by atoms with Gasteiger partial charge in [-0.25, -0.2) is 4.98 Å². The van der Waals surface area contributed by atoms with Crippen LogP contribution in [0.3, 0.4) is 0 Å². The molecule has 1 saturated heterocycles. The van der Waals surface area contributed by atoms with Gasteiger partial charge >= 0.3 is 0 Å². The van der Waals surface area contributed by atoms with Gasteiger partial charge in [-0.05, 0) is 43.0 Å². The summed E-state index contributed by atoms with van der Waals surface area (Å²) in [6.07, 6.45) is 4.05. The van der Waals surface area contributed by atoms with Gasteiger partial charge in [-0.3, -0.25) is 9.59 Å². The third-order valence-electron chi connectivity index (χ3n) is 3.85. The number of benzene rings is 1. The quantitative estimate of drug-likeness (QED) is 0.623. The molecule has 3 rings (SSSR count). The summed E-state index contributed by atoms with van der Waals surface area (Å²) in [6.45, 7) is 0.539. The molecule has 24 heavy (non-hydrogen) atoms. The minimum absolute atomic E-state index is 0.167. The number of aromatic nitrogens is 1. The summed E-state index contributed by atoms with van der Waals surface area (Å²) in [5.41, 5.74) is 1.40. The summed E-state index contributed by atoms with van der Waals surface area (Å²) < 4.78 is 0.903. The summed E-state index contributed by atoms with van der Waals surface area (Å²) >= 11 is 4.94.